The van der Waals surface area contributed by atoms with Gasteiger partial charge in [-0.05, 0) is 25.3 Å². The van der Waals surface area contributed by atoms with Crippen LogP contribution in [0.3, 0.4) is 0 Å². The molecule has 4 nitrogen and oxygen atoms in total. The predicted octanol–water partition coefficient (Wildman–Crippen LogP) is 1.77. The van der Waals surface area contributed by atoms with E-state index in [0.717, 1.165) is 25.0 Å². The van der Waals surface area contributed by atoms with E-state index in [1.165, 1.54) is 5.56 Å². The van der Waals surface area contributed by atoms with Crippen LogP contribution in [0.2, 0.25) is 0 Å². The molecule has 3 atom stereocenters. The Kier molecular flexibility index (Phi) is 3.76. The van der Waals surface area contributed by atoms with E-state index < -0.39 is 0 Å². The van der Waals surface area contributed by atoms with Crippen molar-refractivity contribution in [2.75, 3.05) is 13.2 Å². The SMILES string of the molecule is Cc1ccc(C2C(N)CC(=O)N2CC2CCCO2)cc1. The number of aryl methyl sites for hydroxylation is 1. The first-order valence-electron chi connectivity index (χ1n) is 7.38. The molecule has 0 saturated carbocycles. The van der Waals surface area contributed by atoms with Gasteiger partial charge in [-0.3, -0.25) is 4.79 Å². The molecule has 2 aliphatic rings. The Morgan fingerprint density at radius 2 is 2.10 bits per heavy atom. The first-order valence-corrected chi connectivity index (χ1v) is 7.38. The third kappa shape index (κ3) is 2.58. The fraction of sp³-hybridized carbons (Fsp3) is 0.562. The molecule has 1 aromatic carbocycles. The lowest BCUT2D eigenvalue weighted by Crippen LogP contribution is -2.38. The fourth-order valence-corrected chi connectivity index (χ4v) is 3.23. The van der Waals surface area contributed by atoms with Crippen LogP contribution < -0.4 is 5.73 Å². The Hall–Kier alpha value is -1.39. The number of carbonyl (C=O) groups is 1. The number of rotatable bonds is 3. The van der Waals surface area contributed by atoms with Crippen molar-refractivity contribution in [2.24, 2.45) is 5.73 Å². The maximum absolute atomic E-state index is 12.2. The van der Waals surface area contributed by atoms with Gasteiger partial charge in [0.2, 0.25) is 5.91 Å². The highest BCUT2D eigenvalue weighted by Crippen LogP contribution is 2.33. The number of hydrogen-bond acceptors (Lipinski definition) is 3. The van der Waals surface area contributed by atoms with Gasteiger partial charge in [0, 0.05) is 25.6 Å². The van der Waals surface area contributed by atoms with Gasteiger partial charge in [-0.2, -0.15) is 0 Å². The Labute approximate surface area is 119 Å². The summed E-state index contributed by atoms with van der Waals surface area (Å²) in [5.41, 5.74) is 8.55. The molecule has 4 heteroatoms. The van der Waals surface area contributed by atoms with Crippen LogP contribution in [0.1, 0.15) is 36.4 Å². The summed E-state index contributed by atoms with van der Waals surface area (Å²) in [6.07, 6.45) is 2.75. The first-order chi connectivity index (χ1) is 9.65. The van der Waals surface area contributed by atoms with Crippen LogP contribution in [0, 0.1) is 6.92 Å². The number of hydrogen-bond donors (Lipinski definition) is 1. The molecule has 1 amide bonds. The molecule has 0 aromatic heterocycles. The molecule has 0 radical (unpaired) electrons. The number of ether oxygens (including phenoxy) is 1. The topological polar surface area (TPSA) is 55.6 Å². The second-order valence-corrected chi connectivity index (χ2v) is 5.90. The molecule has 1 aromatic rings. The van der Waals surface area contributed by atoms with Gasteiger partial charge in [0.05, 0.1) is 12.1 Å². The molecular weight excluding hydrogens is 252 g/mol. The molecule has 2 heterocycles. The van der Waals surface area contributed by atoms with E-state index in [4.69, 9.17) is 10.5 Å². The average Bonchev–Trinajstić information content (AvgIpc) is 3.01. The lowest BCUT2D eigenvalue weighted by molar-refractivity contribution is -0.130. The minimum Gasteiger partial charge on any atom is -0.376 e. The number of carbonyl (C=O) groups excluding carboxylic acids is 1. The molecule has 3 unspecified atom stereocenters. The van der Waals surface area contributed by atoms with Crippen molar-refractivity contribution in [3.8, 4) is 0 Å². The summed E-state index contributed by atoms with van der Waals surface area (Å²) in [5.74, 6) is 0.151. The van der Waals surface area contributed by atoms with Crippen LogP contribution in [0.4, 0.5) is 0 Å². The number of likely N-dealkylation sites (tertiary alicyclic amines) is 1. The molecule has 2 N–H and O–H groups in total. The van der Waals surface area contributed by atoms with Crippen molar-refractivity contribution >= 4 is 5.91 Å². The van der Waals surface area contributed by atoms with E-state index in [0.29, 0.717) is 13.0 Å². The van der Waals surface area contributed by atoms with Crippen molar-refractivity contribution in [1.82, 2.24) is 4.90 Å². The molecule has 20 heavy (non-hydrogen) atoms. The van der Waals surface area contributed by atoms with E-state index in [9.17, 15) is 4.79 Å². The Balaban J connectivity index is 1.81. The van der Waals surface area contributed by atoms with Gasteiger partial charge in [0.25, 0.3) is 0 Å². The van der Waals surface area contributed by atoms with Crippen molar-refractivity contribution in [3.05, 3.63) is 35.4 Å². The minimum atomic E-state index is -0.119. The summed E-state index contributed by atoms with van der Waals surface area (Å²) in [5, 5.41) is 0. The maximum Gasteiger partial charge on any atom is 0.224 e. The van der Waals surface area contributed by atoms with Gasteiger partial charge in [0.15, 0.2) is 0 Å². The zero-order chi connectivity index (χ0) is 14.1. The Bertz CT molecular complexity index is 480. The number of benzene rings is 1. The highest BCUT2D eigenvalue weighted by Gasteiger charge is 2.39. The molecule has 2 fully saturated rings. The predicted molar refractivity (Wildman–Crippen MR) is 77.2 cm³/mol. The third-order valence-corrected chi connectivity index (χ3v) is 4.32. The van der Waals surface area contributed by atoms with Gasteiger partial charge in [-0.25, -0.2) is 0 Å². The van der Waals surface area contributed by atoms with Gasteiger partial charge in [-0.15, -0.1) is 0 Å². The molecule has 0 aliphatic carbocycles. The van der Waals surface area contributed by atoms with Gasteiger partial charge in [0.1, 0.15) is 0 Å². The van der Waals surface area contributed by atoms with E-state index >= 15 is 0 Å². The summed E-state index contributed by atoms with van der Waals surface area (Å²) >= 11 is 0. The maximum atomic E-state index is 12.2. The van der Waals surface area contributed by atoms with Crippen LogP contribution in [0.5, 0.6) is 0 Å². The van der Waals surface area contributed by atoms with Gasteiger partial charge in [-0.1, -0.05) is 29.8 Å². The standard InChI is InChI=1S/C16H22N2O2/c1-11-4-6-12(7-5-11)16-14(17)9-15(19)18(16)10-13-3-2-8-20-13/h4-7,13-14,16H,2-3,8-10,17H2,1H3. The third-order valence-electron chi connectivity index (χ3n) is 4.32. The molecule has 2 saturated heterocycles. The zero-order valence-corrected chi connectivity index (χ0v) is 11.9. The van der Waals surface area contributed by atoms with E-state index in [1.807, 2.05) is 4.90 Å². The molecule has 0 spiro atoms. The largest absolute Gasteiger partial charge is 0.376 e. The van der Waals surface area contributed by atoms with Crippen molar-refractivity contribution in [1.29, 1.82) is 0 Å². The minimum absolute atomic E-state index is 0.00713. The zero-order valence-electron chi connectivity index (χ0n) is 11.9. The lowest BCUT2D eigenvalue weighted by atomic mass is 9.99. The highest BCUT2D eigenvalue weighted by atomic mass is 16.5. The van der Waals surface area contributed by atoms with Crippen LogP contribution in [0.15, 0.2) is 24.3 Å². The molecule has 108 valence electrons. The number of nitrogens with two attached hydrogens (primary N) is 1. The normalized spacial score (nSPS) is 30.2. The monoisotopic (exact) mass is 274 g/mol. The first kappa shape index (κ1) is 13.6. The van der Waals surface area contributed by atoms with Crippen molar-refractivity contribution in [3.63, 3.8) is 0 Å². The number of nitrogens with zero attached hydrogens (tertiary/aromatic N) is 1. The van der Waals surface area contributed by atoms with Crippen molar-refractivity contribution in [2.45, 2.75) is 44.4 Å². The van der Waals surface area contributed by atoms with Crippen LogP contribution in [-0.2, 0) is 9.53 Å². The van der Waals surface area contributed by atoms with E-state index in [2.05, 4.69) is 31.2 Å². The number of amides is 1. The van der Waals surface area contributed by atoms with Crippen LogP contribution >= 0.6 is 0 Å². The molecular formula is C16H22N2O2. The quantitative estimate of drug-likeness (QED) is 0.914. The van der Waals surface area contributed by atoms with E-state index in [-0.39, 0.29) is 24.1 Å². The molecule has 3 rings (SSSR count). The second-order valence-electron chi connectivity index (χ2n) is 5.90. The average molecular weight is 274 g/mol. The van der Waals surface area contributed by atoms with Crippen LogP contribution in [0.25, 0.3) is 0 Å². The summed E-state index contributed by atoms with van der Waals surface area (Å²) in [6.45, 7) is 3.55. The van der Waals surface area contributed by atoms with E-state index in [1.54, 1.807) is 0 Å². The summed E-state index contributed by atoms with van der Waals surface area (Å²) in [6, 6.07) is 8.20. The van der Waals surface area contributed by atoms with Crippen LogP contribution in [-0.4, -0.2) is 36.1 Å². The highest BCUT2D eigenvalue weighted by molar-refractivity contribution is 5.80. The van der Waals surface area contributed by atoms with Gasteiger partial charge >= 0.3 is 0 Å². The van der Waals surface area contributed by atoms with Crippen molar-refractivity contribution < 1.29 is 9.53 Å². The summed E-state index contributed by atoms with van der Waals surface area (Å²) in [4.78, 5) is 14.1. The lowest BCUT2D eigenvalue weighted by Gasteiger charge is -2.29. The second kappa shape index (κ2) is 5.54. The summed E-state index contributed by atoms with van der Waals surface area (Å²) in [7, 11) is 0. The molecule has 2 aliphatic heterocycles. The summed E-state index contributed by atoms with van der Waals surface area (Å²) < 4.78 is 5.67. The molecule has 0 bridgehead atoms. The Morgan fingerprint density at radius 3 is 2.75 bits per heavy atom. The smallest absolute Gasteiger partial charge is 0.224 e. The Morgan fingerprint density at radius 1 is 1.35 bits per heavy atom. The fourth-order valence-electron chi connectivity index (χ4n) is 3.23. The van der Waals surface area contributed by atoms with Gasteiger partial charge < -0.3 is 15.4 Å².